The highest BCUT2D eigenvalue weighted by Gasteiger charge is 2.26. The molecule has 0 bridgehead atoms. The van der Waals surface area contributed by atoms with Gasteiger partial charge in [0.25, 0.3) is 0 Å². The van der Waals surface area contributed by atoms with Crippen LogP contribution in [0.25, 0.3) is 0 Å². The summed E-state index contributed by atoms with van der Waals surface area (Å²) in [5.74, 6) is -0.260. The van der Waals surface area contributed by atoms with Crippen molar-refractivity contribution in [1.29, 1.82) is 0 Å². The smallest absolute Gasteiger partial charge is 0.234 e. The van der Waals surface area contributed by atoms with E-state index in [1.54, 1.807) is 0 Å². The molecule has 0 aromatic heterocycles. The van der Waals surface area contributed by atoms with Gasteiger partial charge >= 0.3 is 0 Å². The van der Waals surface area contributed by atoms with Gasteiger partial charge in [0.2, 0.25) is 5.91 Å². The average Bonchev–Trinajstić information content (AvgIpc) is 2.04. The summed E-state index contributed by atoms with van der Waals surface area (Å²) in [5, 5.41) is 0. The molecule has 4 heteroatoms. The molecule has 12 heavy (non-hydrogen) atoms. The summed E-state index contributed by atoms with van der Waals surface area (Å²) >= 11 is 0. The summed E-state index contributed by atoms with van der Waals surface area (Å²) in [6.45, 7) is 6.06. The monoisotopic (exact) mass is 172 g/mol. The standard InChI is InChI=1S/C8H16N2O2/c1-6-5-12-4-3-10(6)7(2)8(9)11/h6-7H,3-5H2,1-2H3,(H2,9,11). The van der Waals surface area contributed by atoms with Crippen molar-refractivity contribution >= 4 is 5.91 Å². The largest absolute Gasteiger partial charge is 0.379 e. The first-order valence-corrected chi connectivity index (χ1v) is 4.25. The molecule has 0 aromatic carbocycles. The molecule has 1 aliphatic heterocycles. The van der Waals surface area contributed by atoms with Crippen LogP contribution in [0.3, 0.4) is 0 Å². The first-order chi connectivity index (χ1) is 5.63. The van der Waals surface area contributed by atoms with E-state index in [1.165, 1.54) is 0 Å². The van der Waals surface area contributed by atoms with E-state index in [0.29, 0.717) is 19.3 Å². The number of amides is 1. The molecule has 1 rings (SSSR count). The zero-order valence-corrected chi connectivity index (χ0v) is 7.62. The molecule has 0 aliphatic carbocycles. The minimum Gasteiger partial charge on any atom is -0.379 e. The summed E-state index contributed by atoms with van der Waals surface area (Å²) in [4.78, 5) is 13.0. The highest BCUT2D eigenvalue weighted by Crippen LogP contribution is 2.09. The van der Waals surface area contributed by atoms with Crippen LogP contribution in [0.1, 0.15) is 13.8 Å². The Hall–Kier alpha value is -0.610. The van der Waals surface area contributed by atoms with E-state index in [1.807, 2.05) is 13.8 Å². The molecule has 70 valence electrons. The van der Waals surface area contributed by atoms with Gasteiger partial charge in [0.1, 0.15) is 0 Å². The second kappa shape index (κ2) is 3.87. The Kier molecular flexibility index (Phi) is 3.05. The van der Waals surface area contributed by atoms with Crippen LogP contribution in [0.4, 0.5) is 0 Å². The fourth-order valence-corrected chi connectivity index (χ4v) is 1.48. The molecule has 0 radical (unpaired) electrons. The predicted molar refractivity (Wildman–Crippen MR) is 45.6 cm³/mol. The molecule has 2 unspecified atom stereocenters. The second-order valence-electron chi connectivity index (χ2n) is 3.24. The normalized spacial score (nSPS) is 28.3. The zero-order valence-electron chi connectivity index (χ0n) is 7.62. The van der Waals surface area contributed by atoms with Crippen LogP contribution in [0.15, 0.2) is 0 Å². The number of primary amides is 1. The van der Waals surface area contributed by atoms with E-state index in [0.717, 1.165) is 6.54 Å². The lowest BCUT2D eigenvalue weighted by Crippen LogP contribution is -2.52. The van der Waals surface area contributed by atoms with Gasteiger partial charge in [-0.1, -0.05) is 0 Å². The molecule has 1 fully saturated rings. The van der Waals surface area contributed by atoms with E-state index in [4.69, 9.17) is 10.5 Å². The van der Waals surface area contributed by atoms with Crippen LogP contribution in [0.5, 0.6) is 0 Å². The van der Waals surface area contributed by atoms with Crippen molar-refractivity contribution in [3.05, 3.63) is 0 Å². The molecule has 1 heterocycles. The van der Waals surface area contributed by atoms with Crippen molar-refractivity contribution in [3.63, 3.8) is 0 Å². The molecule has 4 nitrogen and oxygen atoms in total. The number of carbonyl (C=O) groups excluding carboxylic acids is 1. The Morgan fingerprint density at radius 1 is 1.75 bits per heavy atom. The lowest BCUT2D eigenvalue weighted by atomic mass is 10.2. The van der Waals surface area contributed by atoms with Crippen LogP contribution in [-0.2, 0) is 9.53 Å². The maximum Gasteiger partial charge on any atom is 0.234 e. The second-order valence-corrected chi connectivity index (χ2v) is 3.24. The molecule has 1 saturated heterocycles. The van der Waals surface area contributed by atoms with Crippen molar-refractivity contribution in [2.75, 3.05) is 19.8 Å². The highest BCUT2D eigenvalue weighted by molar-refractivity contribution is 5.79. The van der Waals surface area contributed by atoms with Gasteiger partial charge in [-0.15, -0.1) is 0 Å². The summed E-state index contributed by atoms with van der Waals surface area (Å²) in [5.41, 5.74) is 5.21. The van der Waals surface area contributed by atoms with Gasteiger partial charge in [-0.2, -0.15) is 0 Å². The first-order valence-electron chi connectivity index (χ1n) is 4.25. The molecule has 2 atom stereocenters. The topological polar surface area (TPSA) is 55.6 Å². The van der Waals surface area contributed by atoms with E-state index in [2.05, 4.69) is 4.90 Å². The van der Waals surface area contributed by atoms with Crippen molar-refractivity contribution in [2.45, 2.75) is 25.9 Å². The molecule has 1 amide bonds. The summed E-state index contributed by atoms with van der Waals surface area (Å²) < 4.78 is 5.25. The molecule has 0 aromatic rings. The van der Waals surface area contributed by atoms with E-state index >= 15 is 0 Å². The number of nitrogens with zero attached hydrogens (tertiary/aromatic N) is 1. The molecule has 0 spiro atoms. The quantitative estimate of drug-likeness (QED) is 0.615. The average molecular weight is 172 g/mol. The van der Waals surface area contributed by atoms with Crippen LogP contribution < -0.4 is 5.73 Å². The maximum atomic E-state index is 10.9. The van der Waals surface area contributed by atoms with Gasteiger partial charge in [0.15, 0.2) is 0 Å². The fraction of sp³-hybridized carbons (Fsp3) is 0.875. The number of carbonyl (C=O) groups is 1. The SMILES string of the molecule is CC1COCCN1C(C)C(N)=O. The number of rotatable bonds is 2. The minimum atomic E-state index is -0.260. The highest BCUT2D eigenvalue weighted by atomic mass is 16.5. The van der Waals surface area contributed by atoms with Gasteiger partial charge < -0.3 is 10.5 Å². The van der Waals surface area contributed by atoms with Gasteiger partial charge in [-0.05, 0) is 13.8 Å². The lowest BCUT2D eigenvalue weighted by molar-refractivity contribution is -0.126. The summed E-state index contributed by atoms with van der Waals surface area (Å²) in [6, 6.07) is 0.116. The van der Waals surface area contributed by atoms with Gasteiger partial charge in [0, 0.05) is 12.6 Å². The molecule has 1 aliphatic rings. The summed E-state index contributed by atoms with van der Waals surface area (Å²) in [7, 11) is 0. The minimum absolute atomic E-state index is 0.177. The van der Waals surface area contributed by atoms with Crippen LogP contribution in [0.2, 0.25) is 0 Å². The number of hydrogen-bond acceptors (Lipinski definition) is 3. The molecular weight excluding hydrogens is 156 g/mol. The van der Waals surface area contributed by atoms with Gasteiger partial charge in [-0.25, -0.2) is 0 Å². The third kappa shape index (κ3) is 1.95. The van der Waals surface area contributed by atoms with Crippen LogP contribution in [0, 0.1) is 0 Å². The van der Waals surface area contributed by atoms with Gasteiger partial charge in [0.05, 0.1) is 19.3 Å². The third-order valence-corrected chi connectivity index (χ3v) is 2.33. The zero-order chi connectivity index (χ0) is 9.14. The molecule has 0 saturated carbocycles. The molecular formula is C8H16N2O2. The van der Waals surface area contributed by atoms with E-state index < -0.39 is 0 Å². The Balaban J connectivity index is 2.53. The van der Waals surface area contributed by atoms with Crippen molar-refractivity contribution in [2.24, 2.45) is 5.73 Å². The summed E-state index contributed by atoms with van der Waals surface area (Å²) in [6.07, 6.45) is 0. The Morgan fingerprint density at radius 2 is 2.42 bits per heavy atom. The predicted octanol–water partition coefficient (Wildman–Crippen LogP) is -0.419. The van der Waals surface area contributed by atoms with Crippen LogP contribution >= 0.6 is 0 Å². The fourth-order valence-electron chi connectivity index (χ4n) is 1.48. The third-order valence-electron chi connectivity index (χ3n) is 2.33. The van der Waals surface area contributed by atoms with E-state index in [9.17, 15) is 4.79 Å². The number of morpholine rings is 1. The number of ether oxygens (including phenoxy) is 1. The van der Waals surface area contributed by atoms with Crippen molar-refractivity contribution in [3.8, 4) is 0 Å². The van der Waals surface area contributed by atoms with Crippen molar-refractivity contribution in [1.82, 2.24) is 4.90 Å². The maximum absolute atomic E-state index is 10.9. The van der Waals surface area contributed by atoms with Gasteiger partial charge in [-0.3, -0.25) is 9.69 Å². The van der Waals surface area contributed by atoms with Crippen LogP contribution in [-0.4, -0.2) is 42.6 Å². The Bertz CT molecular complexity index is 172. The van der Waals surface area contributed by atoms with E-state index in [-0.39, 0.29) is 11.9 Å². The number of hydrogen-bond donors (Lipinski definition) is 1. The molecule has 2 N–H and O–H groups in total. The Morgan fingerprint density at radius 3 is 2.92 bits per heavy atom. The Labute approximate surface area is 72.7 Å². The van der Waals surface area contributed by atoms with Crippen molar-refractivity contribution < 1.29 is 9.53 Å². The lowest BCUT2D eigenvalue weighted by Gasteiger charge is -2.36. The number of nitrogens with two attached hydrogens (primary N) is 1. The first kappa shape index (κ1) is 9.48.